The molecule has 200 valence electrons. The van der Waals surface area contributed by atoms with Crippen LogP contribution in [0.1, 0.15) is 71.1 Å². The maximum absolute atomic E-state index is 13.6. The first kappa shape index (κ1) is 26.3. The highest BCUT2D eigenvalue weighted by Gasteiger charge is 2.38. The second-order valence-corrected chi connectivity index (χ2v) is 9.67. The van der Waals surface area contributed by atoms with Crippen LogP contribution in [0.15, 0.2) is 40.9 Å². The predicted molar refractivity (Wildman–Crippen MR) is 136 cm³/mol. The van der Waals surface area contributed by atoms with Crippen molar-refractivity contribution < 1.29 is 27.5 Å². The number of aromatic nitrogens is 4. The van der Waals surface area contributed by atoms with E-state index in [-0.39, 0.29) is 23.7 Å². The van der Waals surface area contributed by atoms with Gasteiger partial charge in [-0.2, -0.15) is 18.4 Å². The summed E-state index contributed by atoms with van der Waals surface area (Å²) in [5, 5.41) is 25.4. The van der Waals surface area contributed by atoms with E-state index in [9.17, 15) is 28.3 Å². The van der Waals surface area contributed by atoms with Crippen LogP contribution in [0.5, 0.6) is 0 Å². The molecule has 11 heteroatoms. The lowest BCUT2D eigenvalue weighted by Crippen LogP contribution is -2.20. The Morgan fingerprint density at radius 3 is 2.54 bits per heavy atom. The molecule has 1 aliphatic rings. The van der Waals surface area contributed by atoms with Gasteiger partial charge in [-0.05, 0) is 80.5 Å². The van der Waals surface area contributed by atoms with E-state index in [4.69, 9.17) is 0 Å². The first-order chi connectivity index (χ1) is 18.6. The minimum atomic E-state index is -4.74. The molecule has 1 N–H and O–H groups in total. The number of nitrogens with zero attached hydrogens (tertiary/aromatic N) is 5. The molecular weight excluding hydrogens is 511 g/mol. The number of pyridine rings is 1. The normalized spacial score (nSPS) is 18.1. The average molecular weight is 536 g/mol. The van der Waals surface area contributed by atoms with Crippen molar-refractivity contribution in [1.82, 2.24) is 19.7 Å². The van der Waals surface area contributed by atoms with Crippen LogP contribution in [-0.2, 0) is 6.18 Å². The Kier molecular flexibility index (Phi) is 7.06. The predicted octanol–water partition coefficient (Wildman–Crippen LogP) is 5.90. The number of alkyl halides is 3. The number of aliphatic hydroxyl groups is 1. The van der Waals surface area contributed by atoms with Gasteiger partial charge in [0, 0.05) is 30.1 Å². The number of fused-ring (bicyclic) bond motifs is 1. The maximum atomic E-state index is 13.6. The average Bonchev–Trinajstić information content (AvgIpc) is 3.51. The molecule has 8 nitrogen and oxygen atoms in total. The van der Waals surface area contributed by atoms with Crippen LogP contribution in [-0.4, -0.2) is 36.7 Å². The summed E-state index contributed by atoms with van der Waals surface area (Å²) in [6, 6.07) is 10.8. The van der Waals surface area contributed by atoms with E-state index >= 15 is 0 Å². The highest BCUT2D eigenvalue weighted by atomic mass is 19.4. The molecule has 5 rings (SSSR count). The second kappa shape index (κ2) is 10.5. The highest BCUT2D eigenvalue weighted by molar-refractivity contribution is 6.09. The Hall–Kier alpha value is -4.30. The van der Waals surface area contributed by atoms with E-state index in [2.05, 4.69) is 25.7 Å². The summed E-state index contributed by atoms with van der Waals surface area (Å²) in [6.07, 6.45) is 2.53. The van der Waals surface area contributed by atoms with Crippen molar-refractivity contribution in [3.63, 3.8) is 0 Å². The lowest BCUT2D eigenvalue weighted by atomic mass is 9.83. The van der Waals surface area contributed by atoms with E-state index in [1.165, 1.54) is 18.3 Å². The van der Waals surface area contributed by atoms with E-state index in [0.29, 0.717) is 52.7 Å². The van der Waals surface area contributed by atoms with Gasteiger partial charge in [0.05, 0.1) is 34.3 Å². The van der Waals surface area contributed by atoms with Crippen LogP contribution in [0, 0.1) is 24.2 Å². The summed E-state index contributed by atoms with van der Waals surface area (Å²) in [4.78, 5) is 18.1. The van der Waals surface area contributed by atoms with Gasteiger partial charge in [-0.15, -0.1) is 10.2 Å². The highest BCUT2D eigenvalue weighted by Crippen LogP contribution is 2.34. The Morgan fingerprint density at radius 2 is 1.90 bits per heavy atom. The van der Waals surface area contributed by atoms with Gasteiger partial charge in [0.1, 0.15) is 0 Å². The SMILES string of the molecule is Cc1c(C(=O)CC2CCC(O)CC2)c2ncc(/C=C/c3nnc(C(F)(F)F)o3)cc2n1-c1ccc(C#N)cc1. The summed E-state index contributed by atoms with van der Waals surface area (Å²) >= 11 is 0. The van der Waals surface area contributed by atoms with Gasteiger partial charge in [-0.1, -0.05) is 0 Å². The lowest BCUT2D eigenvalue weighted by molar-refractivity contribution is -0.157. The monoisotopic (exact) mass is 535 g/mol. The number of hydrogen-bond acceptors (Lipinski definition) is 7. The smallest absolute Gasteiger partial charge is 0.413 e. The third kappa shape index (κ3) is 5.47. The van der Waals surface area contributed by atoms with Gasteiger partial charge < -0.3 is 14.1 Å². The molecule has 0 radical (unpaired) electrons. The molecule has 0 bridgehead atoms. The quantitative estimate of drug-likeness (QED) is 0.305. The topological polar surface area (TPSA) is 118 Å². The minimum absolute atomic E-state index is 0.0346. The summed E-state index contributed by atoms with van der Waals surface area (Å²) in [7, 11) is 0. The summed E-state index contributed by atoms with van der Waals surface area (Å²) in [5.41, 5.74) is 4.09. The van der Waals surface area contributed by atoms with Gasteiger partial charge in [0.15, 0.2) is 5.78 Å². The number of rotatable bonds is 6. The molecular formula is C28H24F3N5O3. The lowest BCUT2D eigenvalue weighted by Gasteiger charge is -2.24. The number of ketones is 1. The molecule has 1 fully saturated rings. The van der Waals surface area contributed by atoms with Gasteiger partial charge in [0.25, 0.3) is 0 Å². The molecule has 0 amide bonds. The minimum Gasteiger partial charge on any atom is -0.413 e. The fraction of sp³-hybridized carbons (Fsp3) is 0.321. The fourth-order valence-electron chi connectivity index (χ4n) is 5.04. The van der Waals surface area contributed by atoms with E-state index in [1.807, 2.05) is 11.5 Å². The van der Waals surface area contributed by atoms with Crippen molar-refractivity contribution in [2.45, 2.75) is 51.3 Å². The van der Waals surface area contributed by atoms with Gasteiger partial charge in [0.2, 0.25) is 5.89 Å². The van der Waals surface area contributed by atoms with E-state index in [1.54, 1.807) is 30.3 Å². The van der Waals surface area contributed by atoms with E-state index < -0.39 is 12.1 Å². The molecule has 1 aromatic carbocycles. The molecule has 3 heterocycles. The maximum Gasteiger partial charge on any atom is 0.470 e. The van der Waals surface area contributed by atoms with Crippen LogP contribution in [0.25, 0.3) is 28.9 Å². The van der Waals surface area contributed by atoms with Crippen LogP contribution in [0.2, 0.25) is 0 Å². The molecule has 4 aromatic rings. The van der Waals surface area contributed by atoms with Crippen LogP contribution >= 0.6 is 0 Å². The summed E-state index contributed by atoms with van der Waals surface area (Å²) in [6.45, 7) is 1.84. The third-order valence-electron chi connectivity index (χ3n) is 6.99. The van der Waals surface area contributed by atoms with Crippen molar-refractivity contribution >= 4 is 29.0 Å². The number of hydrogen-bond donors (Lipinski definition) is 1. The number of carbonyl (C=O) groups excluding carboxylic acids is 1. The van der Waals surface area contributed by atoms with Crippen molar-refractivity contribution in [3.8, 4) is 11.8 Å². The fourth-order valence-corrected chi connectivity index (χ4v) is 5.04. The first-order valence-corrected chi connectivity index (χ1v) is 12.5. The first-order valence-electron chi connectivity index (χ1n) is 12.5. The zero-order valence-electron chi connectivity index (χ0n) is 20.9. The third-order valence-corrected chi connectivity index (χ3v) is 6.99. The number of aliphatic hydroxyl groups excluding tert-OH is 1. The zero-order chi connectivity index (χ0) is 27.7. The second-order valence-electron chi connectivity index (χ2n) is 9.67. The van der Waals surface area contributed by atoms with Crippen LogP contribution in [0.3, 0.4) is 0 Å². The number of benzene rings is 1. The molecule has 1 aliphatic carbocycles. The Morgan fingerprint density at radius 1 is 1.18 bits per heavy atom. The summed E-state index contributed by atoms with van der Waals surface area (Å²) < 4.78 is 44.9. The van der Waals surface area contributed by atoms with Crippen molar-refractivity contribution in [1.29, 1.82) is 5.26 Å². The number of Topliss-reactive ketones (excluding diaryl/α,β-unsaturated/α-hetero) is 1. The molecule has 0 atom stereocenters. The number of carbonyl (C=O) groups is 1. The van der Waals surface area contributed by atoms with Gasteiger partial charge in [-0.25, -0.2) is 0 Å². The molecule has 3 aromatic heterocycles. The molecule has 0 aliphatic heterocycles. The van der Waals surface area contributed by atoms with Gasteiger partial charge in [-0.3, -0.25) is 9.78 Å². The van der Waals surface area contributed by atoms with Gasteiger partial charge >= 0.3 is 12.1 Å². The van der Waals surface area contributed by atoms with Crippen LogP contribution < -0.4 is 0 Å². The largest absolute Gasteiger partial charge is 0.470 e. The molecule has 1 saturated carbocycles. The number of halogens is 3. The molecule has 0 spiro atoms. The molecule has 0 saturated heterocycles. The van der Waals surface area contributed by atoms with Crippen molar-refractivity contribution in [2.24, 2.45) is 5.92 Å². The van der Waals surface area contributed by atoms with Crippen molar-refractivity contribution in [2.75, 3.05) is 0 Å². The Bertz CT molecular complexity index is 1590. The Labute approximate surface area is 221 Å². The Balaban J connectivity index is 1.54. The molecule has 39 heavy (non-hydrogen) atoms. The molecule has 0 unspecified atom stereocenters. The number of nitriles is 1. The van der Waals surface area contributed by atoms with E-state index in [0.717, 1.165) is 18.5 Å². The van der Waals surface area contributed by atoms with Crippen LogP contribution in [0.4, 0.5) is 13.2 Å². The van der Waals surface area contributed by atoms with Crippen molar-refractivity contribution in [3.05, 3.63) is 70.7 Å². The standard InChI is InChI=1S/C28H24F3N5O3/c1-16-25(23(38)13-17-4-9-21(37)10-5-17)26-22(36(16)20-7-2-18(14-32)3-8-20)12-19(15-33-26)6-11-24-34-35-27(39-24)28(29,30)31/h2-3,6-8,11-12,15,17,21,37H,4-5,9-10,13H2,1H3/b11-6+. The zero-order valence-corrected chi connectivity index (χ0v) is 20.9. The summed E-state index contributed by atoms with van der Waals surface area (Å²) in [5.74, 6) is -1.59.